The van der Waals surface area contributed by atoms with Crippen LogP contribution >= 0.6 is 12.2 Å². The SMILES string of the molecule is NC(=S)c1nccnc1N1CCn2cnnc2C1. The number of fused-ring (bicyclic) bond motifs is 1. The summed E-state index contributed by atoms with van der Waals surface area (Å²) in [6.45, 7) is 2.25. The molecule has 0 amide bonds. The first kappa shape index (κ1) is 11.0. The largest absolute Gasteiger partial charge is 0.388 e. The van der Waals surface area contributed by atoms with Gasteiger partial charge >= 0.3 is 0 Å². The zero-order chi connectivity index (χ0) is 12.5. The molecule has 0 saturated carbocycles. The van der Waals surface area contributed by atoms with Crippen molar-refractivity contribution in [3.8, 4) is 0 Å². The lowest BCUT2D eigenvalue weighted by molar-refractivity contribution is 0.555. The molecule has 0 radical (unpaired) electrons. The first-order chi connectivity index (χ1) is 8.75. The van der Waals surface area contributed by atoms with Gasteiger partial charge in [-0.15, -0.1) is 10.2 Å². The summed E-state index contributed by atoms with van der Waals surface area (Å²) in [5.41, 5.74) is 6.22. The van der Waals surface area contributed by atoms with E-state index in [2.05, 4.69) is 25.1 Å². The van der Waals surface area contributed by atoms with Crippen molar-refractivity contribution in [2.75, 3.05) is 11.4 Å². The van der Waals surface area contributed by atoms with Crippen LogP contribution < -0.4 is 10.6 Å². The lowest BCUT2D eigenvalue weighted by atomic mass is 10.3. The van der Waals surface area contributed by atoms with Crippen molar-refractivity contribution in [3.63, 3.8) is 0 Å². The molecule has 18 heavy (non-hydrogen) atoms. The highest BCUT2D eigenvalue weighted by Crippen LogP contribution is 2.19. The standard InChI is InChI=1S/C10H11N7S/c11-9(18)8-10(13-2-1-12-8)16-3-4-17-6-14-15-7(17)5-16/h1-2,6H,3-5H2,(H2,11,18). The summed E-state index contributed by atoms with van der Waals surface area (Å²) in [7, 11) is 0. The zero-order valence-electron chi connectivity index (χ0n) is 9.52. The second kappa shape index (κ2) is 4.30. The Morgan fingerprint density at radius 3 is 2.94 bits per heavy atom. The van der Waals surface area contributed by atoms with Crippen LogP contribution in [0.5, 0.6) is 0 Å². The van der Waals surface area contributed by atoms with Crippen molar-refractivity contribution < 1.29 is 0 Å². The summed E-state index contributed by atoms with van der Waals surface area (Å²) in [6.07, 6.45) is 4.96. The van der Waals surface area contributed by atoms with Crippen LogP contribution in [0.25, 0.3) is 0 Å². The molecular formula is C10H11N7S. The van der Waals surface area contributed by atoms with Crippen molar-refractivity contribution in [2.45, 2.75) is 13.1 Å². The number of hydrogen-bond acceptors (Lipinski definition) is 6. The van der Waals surface area contributed by atoms with Gasteiger partial charge in [0.25, 0.3) is 0 Å². The van der Waals surface area contributed by atoms with Gasteiger partial charge in [-0.25, -0.2) is 9.97 Å². The first-order valence-electron chi connectivity index (χ1n) is 5.48. The molecule has 7 nitrogen and oxygen atoms in total. The monoisotopic (exact) mass is 261 g/mol. The number of anilines is 1. The minimum Gasteiger partial charge on any atom is -0.388 e. The number of aromatic nitrogens is 5. The predicted molar refractivity (Wildman–Crippen MR) is 69.0 cm³/mol. The molecule has 3 rings (SSSR count). The average Bonchev–Trinajstić information content (AvgIpc) is 2.85. The van der Waals surface area contributed by atoms with Gasteiger partial charge in [-0.3, -0.25) is 0 Å². The van der Waals surface area contributed by atoms with E-state index in [-0.39, 0.29) is 4.99 Å². The fraction of sp³-hybridized carbons (Fsp3) is 0.300. The van der Waals surface area contributed by atoms with E-state index in [1.165, 1.54) is 0 Å². The summed E-state index contributed by atoms with van der Waals surface area (Å²) >= 11 is 5.00. The second-order valence-corrected chi connectivity index (χ2v) is 4.39. The van der Waals surface area contributed by atoms with Crippen LogP contribution in [-0.2, 0) is 13.1 Å². The Labute approximate surface area is 109 Å². The number of nitrogens with two attached hydrogens (primary N) is 1. The molecule has 3 heterocycles. The fourth-order valence-electron chi connectivity index (χ4n) is 1.98. The third-order valence-corrected chi connectivity index (χ3v) is 3.04. The van der Waals surface area contributed by atoms with E-state index >= 15 is 0 Å². The maximum absolute atomic E-state index is 5.66. The first-order valence-corrected chi connectivity index (χ1v) is 5.89. The van der Waals surface area contributed by atoms with Gasteiger partial charge in [0.15, 0.2) is 11.6 Å². The van der Waals surface area contributed by atoms with Gasteiger partial charge in [-0.2, -0.15) is 0 Å². The molecule has 0 fully saturated rings. The van der Waals surface area contributed by atoms with Crippen molar-refractivity contribution in [1.29, 1.82) is 0 Å². The molecule has 0 aliphatic carbocycles. The zero-order valence-corrected chi connectivity index (χ0v) is 10.3. The normalized spacial score (nSPS) is 14.3. The van der Waals surface area contributed by atoms with Crippen molar-refractivity contribution in [1.82, 2.24) is 24.7 Å². The topological polar surface area (TPSA) is 85.8 Å². The van der Waals surface area contributed by atoms with Crippen molar-refractivity contribution in [2.24, 2.45) is 5.73 Å². The van der Waals surface area contributed by atoms with E-state index in [4.69, 9.17) is 18.0 Å². The molecule has 2 aromatic heterocycles. The predicted octanol–water partition coefficient (Wildman–Crippen LogP) is -0.278. The summed E-state index contributed by atoms with van der Waals surface area (Å²) in [5.74, 6) is 1.61. The van der Waals surface area contributed by atoms with Gasteiger partial charge in [0.1, 0.15) is 17.0 Å². The fourth-order valence-corrected chi connectivity index (χ4v) is 2.13. The lowest BCUT2D eigenvalue weighted by Gasteiger charge is -2.28. The maximum Gasteiger partial charge on any atom is 0.158 e. The van der Waals surface area contributed by atoms with Crippen LogP contribution in [0.15, 0.2) is 18.7 Å². The molecule has 0 unspecified atom stereocenters. The maximum atomic E-state index is 5.66. The summed E-state index contributed by atoms with van der Waals surface area (Å²) in [4.78, 5) is 10.8. The number of nitrogens with zero attached hydrogens (tertiary/aromatic N) is 6. The quantitative estimate of drug-likeness (QED) is 0.744. The molecule has 2 aromatic rings. The van der Waals surface area contributed by atoms with Crippen LogP contribution in [-0.4, -0.2) is 36.3 Å². The highest BCUT2D eigenvalue weighted by atomic mass is 32.1. The Morgan fingerprint density at radius 1 is 1.28 bits per heavy atom. The third-order valence-electron chi connectivity index (χ3n) is 2.85. The van der Waals surface area contributed by atoms with Gasteiger partial charge in [0.2, 0.25) is 0 Å². The summed E-state index contributed by atoms with van der Waals surface area (Å²) < 4.78 is 2.02. The Kier molecular flexibility index (Phi) is 2.63. The molecule has 1 aliphatic rings. The van der Waals surface area contributed by atoms with Crippen LogP contribution in [0, 0.1) is 0 Å². The van der Waals surface area contributed by atoms with Gasteiger partial charge in [0, 0.05) is 25.5 Å². The van der Waals surface area contributed by atoms with E-state index < -0.39 is 0 Å². The molecule has 0 aromatic carbocycles. The highest BCUT2D eigenvalue weighted by molar-refractivity contribution is 7.80. The van der Waals surface area contributed by atoms with Gasteiger partial charge < -0.3 is 15.2 Å². The Hall–Kier alpha value is -2.09. The number of thiocarbonyl (C=S) groups is 1. The van der Waals surface area contributed by atoms with E-state index in [0.717, 1.165) is 18.9 Å². The van der Waals surface area contributed by atoms with Gasteiger partial charge in [0.05, 0.1) is 6.54 Å². The lowest BCUT2D eigenvalue weighted by Crippen LogP contribution is -2.35. The molecule has 8 heteroatoms. The van der Waals surface area contributed by atoms with E-state index in [9.17, 15) is 0 Å². The van der Waals surface area contributed by atoms with E-state index in [1.807, 2.05) is 4.57 Å². The van der Waals surface area contributed by atoms with Gasteiger partial charge in [-0.1, -0.05) is 12.2 Å². The molecule has 92 valence electrons. The molecule has 2 N–H and O–H groups in total. The van der Waals surface area contributed by atoms with E-state index in [1.54, 1.807) is 18.7 Å². The number of hydrogen-bond donors (Lipinski definition) is 1. The molecular weight excluding hydrogens is 250 g/mol. The smallest absolute Gasteiger partial charge is 0.158 e. The molecule has 0 bridgehead atoms. The van der Waals surface area contributed by atoms with E-state index in [0.29, 0.717) is 18.1 Å². The molecule has 1 aliphatic heterocycles. The summed E-state index contributed by atoms with van der Waals surface area (Å²) in [5, 5.41) is 7.96. The van der Waals surface area contributed by atoms with Crippen molar-refractivity contribution in [3.05, 3.63) is 30.2 Å². The molecule has 0 saturated heterocycles. The molecule has 0 spiro atoms. The minimum absolute atomic E-state index is 0.255. The number of rotatable bonds is 2. The van der Waals surface area contributed by atoms with Crippen molar-refractivity contribution >= 4 is 23.0 Å². The van der Waals surface area contributed by atoms with Crippen LogP contribution in [0.3, 0.4) is 0 Å². The highest BCUT2D eigenvalue weighted by Gasteiger charge is 2.22. The Morgan fingerprint density at radius 2 is 2.11 bits per heavy atom. The Bertz CT molecular complexity index is 593. The molecule has 0 atom stereocenters. The third kappa shape index (κ3) is 1.80. The average molecular weight is 261 g/mol. The minimum atomic E-state index is 0.255. The van der Waals surface area contributed by atoms with Crippen LogP contribution in [0.1, 0.15) is 11.5 Å². The summed E-state index contributed by atoms with van der Waals surface area (Å²) in [6, 6.07) is 0. The second-order valence-electron chi connectivity index (χ2n) is 3.95. The Balaban J connectivity index is 1.95. The van der Waals surface area contributed by atoms with Gasteiger partial charge in [-0.05, 0) is 0 Å². The van der Waals surface area contributed by atoms with Crippen LogP contribution in [0.2, 0.25) is 0 Å². The van der Waals surface area contributed by atoms with Crippen LogP contribution in [0.4, 0.5) is 5.82 Å².